The number of amides is 1. The van der Waals surface area contributed by atoms with Gasteiger partial charge in [-0.05, 0) is 55.4 Å². The molecule has 0 saturated heterocycles. The van der Waals surface area contributed by atoms with E-state index in [2.05, 4.69) is 26.0 Å². The van der Waals surface area contributed by atoms with Crippen LogP contribution in [-0.4, -0.2) is 21.4 Å². The monoisotopic (exact) mass is 488 g/mol. The summed E-state index contributed by atoms with van der Waals surface area (Å²) in [5.74, 6) is 0.0192. The molecular weight excluding hydrogens is 468 g/mol. The van der Waals surface area contributed by atoms with Gasteiger partial charge in [0.15, 0.2) is 0 Å². The molecular formula is C22H21BrN2O4S. The predicted octanol–water partition coefficient (Wildman–Crippen LogP) is 4.50. The molecule has 6 nitrogen and oxygen atoms in total. The SMILES string of the molecule is CNS(=O)(=O)c1cc(NC(=O)c2cc(Br)ccc2OCc2ccccc2)ccc1C. The number of carbonyl (C=O) groups is 1. The van der Waals surface area contributed by atoms with E-state index >= 15 is 0 Å². The van der Waals surface area contributed by atoms with Gasteiger partial charge in [0.2, 0.25) is 10.0 Å². The highest BCUT2D eigenvalue weighted by molar-refractivity contribution is 9.10. The van der Waals surface area contributed by atoms with Crippen LogP contribution in [0.3, 0.4) is 0 Å². The fraction of sp³-hybridized carbons (Fsp3) is 0.136. The maximum atomic E-state index is 12.9. The van der Waals surface area contributed by atoms with E-state index in [9.17, 15) is 13.2 Å². The lowest BCUT2D eigenvalue weighted by atomic mass is 10.1. The second kappa shape index (κ2) is 9.42. The predicted molar refractivity (Wildman–Crippen MR) is 120 cm³/mol. The zero-order chi connectivity index (χ0) is 21.7. The summed E-state index contributed by atoms with van der Waals surface area (Å²) < 4.78 is 33.3. The maximum Gasteiger partial charge on any atom is 0.259 e. The highest BCUT2D eigenvalue weighted by Crippen LogP contribution is 2.26. The van der Waals surface area contributed by atoms with Crippen molar-refractivity contribution in [3.8, 4) is 5.75 Å². The van der Waals surface area contributed by atoms with Crippen LogP contribution in [0.4, 0.5) is 5.69 Å². The summed E-state index contributed by atoms with van der Waals surface area (Å²) in [6.45, 7) is 2.01. The molecule has 3 aromatic rings. The van der Waals surface area contributed by atoms with E-state index in [1.54, 1.807) is 37.3 Å². The topological polar surface area (TPSA) is 84.5 Å². The van der Waals surface area contributed by atoms with Crippen molar-refractivity contribution in [2.75, 3.05) is 12.4 Å². The van der Waals surface area contributed by atoms with Crippen LogP contribution in [0, 0.1) is 6.92 Å². The van der Waals surface area contributed by atoms with Gasteiger partial charge in [-0.2, -0.15) is 0 Å². The molecule has 3 aromatic carbocycles. The number of hydrogen-bond acceptors (Lipinski definition) is 4. The van der Waals surface area contributed by atoms with Crippen LogP contribution in [0.25, 0.3) is 0 Å². The number of hydrogen-bond donors (Lipinski definition) is 2. The number of benzene rings is 3. The van der Waals surface area contributed by atoms with E-state index in [1.165, 1.54) is 13.1 Å². The number of ether oxygens (including phenoxy) is 1. The van der Waals surface area contributed by atoms with Gasteiger partial charge in [-0.25, -0.2) is 13.1 Å². The van der Waals surface area contributed by atoms with Crippen molar-refractivity contribution in [3.63, 3.8) is 0 Å². The molecule has 156 valence electrons. The van der Waals surface area contributed by atoms with Crippen LogP contribution in [0.15, 0.2) is 76.1 Å². The van der Waals surface area contributed by atoms with Crippen LogP contribution in [-0.2, 0) is 16.6 Å². The molecule has 8 heteroatoms. The van der Waals surface area contributed by atoms with Gasteiger partial charge in [0.05, 0.1) is 10.5 Å². The molecule has 0 aromatic heterocycles. The lowest BCUT2D eigenvalue weighted by Crippen LogP contribution is -2.20. The number of carbonyl (C=O) groups excluding carboxylic acids is 1. The van der Waals surface area contributed by atoms with E-state index in [0.717, 1.165) is 10.0 Å². The highest BCUT2D eigenvalue weighted by Gasteiger charge is 2.18. The minimum atomic E-state index is -3.64. The number of sulfonamides is 1. The summed E-state index contributed by atoms with van der Waals surface area (Å²) in [7, 11) is -2.29. The van der Waals surface area contributed by atoms with Gasteiger partial charge in [-0.3, -0.25) is 4.79 Å². The van der Waals surface area contributed by atoms with Crippen molar-refractivity contribution in [1.82, 2.24) is 4.72 Å². The van der Waals surface area contributed by atoms with Gasteiger partial charge < -0.3 is 10.1 Å². The molecule has 1 amide bonds. The van der Waals surface area contributed by atoms with E-state index < -0.39 is 15.9 Å². The Labute approximate surface area is 184 Å². The molecule has 0 radical (unpaired) electrons. The number of nitrogens with one attached hydrogen (secondary N) is 2. The van der Waals surface area contributed by atoms with Crippen LogP contribution in [0.2, 0.25) is 0 Å². The van der Waals surface area contributed by atoms with Crippen molar-refractivity contribution in [2.24, 2.45) is 0 Å². The first-order valence-electron chi connectivity index (χ1n) is 9.12. The molecule has 0 aliphatic heterocycles. The molecule has 0 fully saturated rings. The Morgan fingerprint density at radius 2 is 1.77 bits per heavy atom. The Bertz CT molecular complexity index is 1170. The molecule has 0 heterocycles. The van der Waals surface area contributed by atoms with Crippen LogP contribution >= 0.6 is 15.9 Å². The molecule has 30 heavy (non-hydrogen) atoms. The number of anilines is 1. The smallest absolute Gasteiger partial charge is 0.259 e. The summed E-state index contributed by atoms with van der Waals surface area (Å²) in [4.78, 5) is 13.0. The minimum absolute atomic E-state index is 0.109. The third-order valence-electron chi connectivity index (χ3n) is 4.43. The Morgan fingerprint density at radius 3 is 2.47 bits per heavy atom. The minimum Gasteiger partial charge on any atom is -0.488 e. The molecule has 0 aliphatic rings. The van der Waals surface area contributed by atoms with Gasteiger partial charge >= 0.3 is 0 Å². The molecule has 0 bridgehead atoms. The first-order chi connectivity index (χ1) is 14.3. The molecule has 3 rings (SSSR count). The van der Waals surface area contributed by atoms with Crippen molar-refractivity contribution in [1.29, 1.82) is 0 Å². The number of aryl methyl sites for hydroxylation is 1. The molecule has 2 N–H and O–H groups in total. The summed E-state index contributed by atoms with van der Waals surface area (Å²) in [6, 6.07) is 19.5. The second-order valence-electron chi connectivity index (χ2n) is 6.56. The number of halogens is 1. The van der Waals surface area contributed by atoms with E-state index in [0.29, 0.717) is 29.2 Å². The third-order valence-corrected chi connectivity index (χ3v) is 6.48. The zero-order valence-corrected chi connectivity index (χ0v) is 18.9. The fourth-order valence-electron chi connectivity index (χ4n) is 2.82. The van der Waals surface area contributed by atoms with Crippen molar-refractivity contribution in [2.45, 2.75) is 18.4 Å². The van der Waals surface area contributed by atoms with E-state index in [1.807, 2.05) is 30.3 Å². The normalized spacial score (nSPS) is 11.2. The maximum absolute atomic E-state index is 12.9. The van der Waals surface area contributed by atoms with Gasteiger partial charge in [-0.15, -0.1) is 0 Å². The quantitative estimate of drug-likeness (QED) is 0.512. The first-order valence-corrected chi connectivity index (χ1v) is 11.4. The third kappa shape index (κ3) is 5.27. The van der Waals surface area contributed by atoms with E-state index in [-0.39, 0.29) is 4.90 Å². The van der Waals surface area contributed by atoms with Crippen molar-refractivity contribution in [3.05, 3.63) is 87.9 Å². The standard InChI is InChI=1S/C22H21BrN2O4S/c1-15-8-10-18(13-21(15)30(27,28)24-2)25-22(26)19-12-17(23)9-11-20(19)29-14-16-6-4-3-5-7-16/h3-13,24H,14H2,1-2H3,(H,25,26). The largest absolute Gasteiger partial charge is 0.488 e. The first kappa shape index (κ1) is 22.0. The van der Waals surface area contributed by atoms with Gasteiger partial charge in [-0.1, -0.05) is 52.3 Å². The van der Waals surface area contributed by atoms with Crippen LogP contribution in [0.1, 0.15) is 21.5 Å². The summed E-state index contributed by atoms with van der Waals surface area (Å²) in [6.07, 6.45) is 0. The van der Waals surface area contributed by atoms with Crippen LogP contribution in [0.5, 0.6) is 5.75 Å². The lowest BCUT2D eigenvalue weighted by Gasteiger charge is -2.14. The second-order valence-corrected chi connectivity index (χ2v) is 9.33. The Kier molecular flexibility index (Phi) is 6.91. The summed E-state index contributed by atoms with van der Waals surface area (Å²) in [5, 5.41) is 2.76. The van der Waals surface area contributed by atoms with Gasteiger partial charge in [0, 0.05) is 10.2 Å². The Morgan fingerprint density at radius 1 is 1.03 bits per heavy atom. The van der Waals surface area contributed by atoms with Gasteiger partial charge in [0.1, 0.15) is 12.4 Å². The van der Waals surface area contributed by atoms with E-state index in [4.69, 9.17) is 4.74 Å². The van der Waals surface area contributed by atoms with Crippen LogP contribution < -0.4 is 14.8 Å². The zero-order valence-electron chi connectivity index (χ0n) is 16.5. The van der Waals surface area contributed by atoms with Gasteiger partial charge in [0.25, 0.3) is 5.91 Å². The fourth-order valence-corrected chi connectivity index (χ4v) is 4.17. The molecule has 0 atom stereocenters. The molecule has 0 spiro atoms. The Balaban J connectivity index is 1.85. The van der Waals surface area contributed by atoms with Crippen molar-refractivity contribution < 1.29 is 17.9 Å². The average molecular weight is 489 g/mol. The number of rotatable bonds is 7. The average Bonchev–Trinajstić information content (AvgIpc) is 2.74. The Hall–Kier alpha value is -2.68. The molecule has 0 saturated carbocycles. The highest BCUT2D eigenvalue weighted by atomic mass is 79.9. The lowest BCUT2D eigenvalue weighted by molar-refractivity contribution is 0.102. The summed E-state index contributed by atoms with van der Waals surface area (Å²) >= 11 is 3.38. The molecule has 0 unspecified atom stereocenters. The molecule has 0 aliphatic carbocycles. The summed E-state index contributed by atoms with van der Waals surface area (Å²) in [5.41, 5.74) is 2.26. The van der Waals surface area contributed by atoms with Crippen molar-refractivity contribution >= 4 is 37.5 Å².